The first kappa shape index (κ1) is 6.89. The van der Waals surface area contributed by atoms with E-state index in [0.717, 1.165) is 6.61 Å². The van der Waals surface area contributed by atoms with Crippen LogP contribution in [0.2, 0.25) is 0 Å². The van der Waals surface area contributed by atoms with E-state index in [-0.39, 0.29) is 0 Å². The number of rotatable bonds is 2. The Bertz CT molecular complexity index is 82.1. The van der Waals surface area contributed by atoms with E-state index in [9.17, 15) is 0 Å². The molecule has 0 bridgehead atoms. The van der Waals surface area contributed by atoms with E-state index in [1.165, 1.54) is 0 Å². The van der Waals surface area contributed by atoms with Crippen molar-refractivity contribution in [3.8, 4) is 0 Å². The molecule has 0 N–H and O–H groups in total. The van der Waals surface area contributed by atoms with Gasteiger partial charge in [0.25, 0.3) is 0 Å². The summed E-state index contributed by atoms with van der Waals surface area (Å²) in [6.07, 6.45) is 0.477. The minimum absolute atomic E-state index is 0.477. The first-order chi connectivity index (χ1) is 3.72. The van der Waals surface area contributed by atoms with Gasteiger partial charge in [-0.15, -0.1) is 0 Å². The molecule has 1 rings (SSSR count). The average Bonchev–Trinajstić information content (AvgIpc) is 2.43. The summed E-state index contributed by atoms with van der Waals surface area (Å²) in [5.41, 5.74) is 0. The molecule has 0 aromatic heterocycles. The molecule has 1 heterocycles. The van der Waals surface area contributed by atoms with E-state index < -0.39 is 0 Å². The van der Waals surface area contributed by atoms with Gasteiger partial charge in [-0.1, -0.05) is 18.8 Å². The van der Waals surface area contributed by atoms with E-state index in [1.54, 1.807) is 0 Å². The SMILES string of the molecule is C[C@@H](C1CO1)N(P)P. The first-order valence-electron chi connectivity index (χ1n) is 2.62. The maximum atomic E-state index is 5.06. The van der Waals surface area contributed by atoms with Gasteiger partial charge in [0.05, 0.1) is 12.7 Å². The quantitative estimate of drug-likeness (QED) is 0.425. The molecule has 0 saturated carbocycles. The van der Waals surface area contributed by atoms with Crippen LogP contribution in [0, 0.1) is 0 Å². The van der Waals surface area contributed by atoms with E-state index >= 15 is 0 Å². The van der Waals surface area contributed by atoms with Crippen LogP contribution in [0.3, 0.4) is 0 Å². The van der Waals surface area contributed by atoms with Crippen molar-refractivity contribution in [2.75, 3.05) is 6.61 Å². The van der Waals surface area contributed by atoms with Gasteiger partial charge in [-0.2, -0.15) is 0 Å². The van der Waals surface area contributed by atoms with Crippen LogP contribution in [-0.4, -0.2) is 23.2 Å². The van der Waals surface area contributed by atoms with Crippen LogP contribution >= 0.6 is 18.8 Å². The Morgan fingerprint density at radius 2 is 2.25 bits per heavy atom. The fourth-order valence-electron chi connectivity index (χ4n) is 0.526. The van der Waals surface area contributed by atoms with Gasteiger partial charge >= 0.3 is 0 Å². The first-order valence-corrected chi connectivity index (χ1v) is 3.65. The molecule has 0 radical (unpaired) electrons. The van der Waals surface area contributed by atoms with Gasteiger partial charge < -0.3 is 4.74 Å². The van der Waals surface area contributed by atoms with Crippen LogP contribution in [0.4, 0.5) is 0 Å². The maximum Gasteiger partial charge on any atom is 0.0968 e. The Kier molecular flexibility index (Phi) is 2.22. The van der Waals surface area contributed by atoms with Gasteiger partial charge in [-0.05, 0) is 6.92 Å². The van der Waals surface area contributed by atoms with Crippen molar-refractivity contribution in [1.82, 2.24) is 4.44 Å². The third-order valence-electron chi connectivity index (χ3n) is 1.37. The van der Waals surface area contributed by atoms with Crippen molar-refractivity contribution in [1.29, 1.82) is 0 Å². The summed E-state index contributed by atoms with van der Waals surface area (Å²) in [5.74, 6) is 0. The molecule has 4 heteroatoms. The Labute approximate surface area is 54.5 Å². The molecule has 1 saturated heterocycles. The zero-order valence-corrected chi connectivity index (χ0v) is 7.18. The van der Waals surface area contributed by atoms with Gasteiger partial charge in [0.1, 0.15) is 0 Å². The molecule has 0 aliphatic carbocycles. The van der Waals surface area contributed by atoms with Crippen molar-refractivity contribution in [3.05, 3.63) is 0 Å². The summed E-state index contributed by atoms with van der Waals surface area (Å²) in [7, 11) is 5.20. The van der Waals surface area contributed by atoms with E-state index in [4.69, 9.17) is 4.74 Å². The second kappa shape index (κ2) is 2.58. The molecule has 0 amide bonds. The third kappa shape index (κ3) is 1.63. The highest BCUT2D eigenvalue weighted by Crippen LogP contribution is 2.23. The minimum atomic E-state index is 0.477. The second-order valence-corrected chi connectivity index (χ2v) is 3.85. The summed E-state index contributed by atoms with van der Waals surface area (Å²) in [6, 6.07) is 0.519. The molecule has 4 atom stereocenters. The maximum absolute atomic E-state index is 5.06. The number of hydrogen-bond acceptors (Lipinski definition) is 2. The van der Waals surface area contributed by atoms with Gasteiger partial charge in [0.15, 0.2) is 0 Å². The fraction of sp³-hybridized carbons (Fsp3) is 1.00. The molecule has 0 aromatic carbocycles. The molecule has 3 unspecified atom stereocenters. The summed E-state index contributed by atoms with van der Waals surface area (Å²) in [6.45, 7) is 3.07. The molecule has 0 spiro atoms. The Hall–Kier alpha value is 0.780. The summed E-state index contributed by atoms with van der Waals surface area (Å²) < 4.78 is 7.07. The zero-order chi connectivity index (χ0) is 6.15. The number of ether oxygens (including phenoxy) is 1. The Morgan fingerprint density at radius 1 is 1.75 bits per heavy atom. The van der Waals surface area contributed by atoms with Gasteiger partial charge in [-0.25, -0.2) is 0 Å². The van der Waals surface area contributed by atoms with E-state index in [1.807, 2.05) is 4.44 Å². The zero-order valence-electron chi connectivity index (χ0n) is 4.87. The summed E-state index contributed by atoms with van der Waals surface area (Å²) >= 11 is 0. The lowest BCUT2D eigenvalue weighted by Gasteiger charge is -2.15. The van der Waals surface area contributed by atoms with Crippen LogP contribution in [-0.2, 0) is 4.74 Å². The third-order valence-corrected chi connectivity index (χ3v) is 2.31. The van der Waals surface area contributed by atoms with Crippen molar-refractivity contribution < 1.29 is 4.74 Å². The van der Waals surface area contributed by atoms with Crippen LogP contribution in [0.15, 0.2) is 0 Å². The van der Waals surface area contributed by atoms with Crippen molar-refractivity contribution in [2.24, 2.45) is 0 Å². The predicted octanol–water partition coefficient (Wildman–Crippen LogP) is 0.656. The van der Waals surface area contributed by atoms with Crippen LogP contribution in [0.1, 0.15) is 6.92 Å². The normalized spacial score (nSPS) is 30.8. The van der Waals surface area contributed by atoms with Crippen LogP contribution < -0.4 is 0 Å². The van der Waals surface area contributed by atoms with Crippen molar-refractivity contribution in [2.45, 2.75) is 19.1 Å². The fourth-order valence-corrected chi connectivity index (χ4v) is 0.910. The highest BCUT2D eigenvalue weighted by Gasteiger charge is 2.30. The van der Waals surface area contributed by atoms with Crippen molar-refractivity contribution in [3.63, 3.8) is 0 Å². The Balaban J connectivity index is 2.22. The monoisotopic (exact) mass is 151 g/mol. The lowest BCUT2D eigenvalue weighted by Crippen LogP contribution is -2.20. The molecule has 2 nitrogen and oxygen atoms in total. The van der Waals surface area contributed by atoms with Crippen molar-refractivity contribution >= 4 is 18.8 Å². The smallest absolute Gasteiger partial charge is 0.0968 e. The lowest BCUT2D eigenvalue weighted by molar-refractivity contribution is 0.344. The number of nitrogens with zero attached hydrogens (tertiary/aromatic N) is 1. The second-order valence-electron chi connectivity index (χ2n) is 2.06. The molecular weight excluding hydrogens is 140 g/mol. The standard InChI is InChI=1S/C4H11NOP2/c1-3(5(7)8)4-2-6-4/h3-4H,2,7-8H2,1H3/t3-,4?/m0/s1. The van der Waals surface area contributed by atoms with Gasteiger partial charge in [-0.3, -0.25) is 4.44 Å². The molecule has 0 aromatic rings. The Morgan fingerprint density at radius 3 is 2.38 bits per heavy atom. The van der Waals surface area contributed by atoms with E-state index in [2.05, 4.69) is 25.7 Å². The molecule has 8 heavy (non-hydrogen) atoms. The molecule has 1 fully saturated rings. The predicted molar refractivity (Wildman–Crippen MR) is 40.5 cm³/mol. The molecule has 48 valence electrons. The molecule has 1 aliphatic rings. The summed E-state index contributed by atoms with van der Waals surface area (Å²) in [5, 5.41) is 0. The van der Waals surface area contributed by atoms with Gasteiger partial charge in [0, 0.05) is 6.04 Å². The highest BCUT2D eigenvalue weighted by molar-refractivity contribution is 7.30. The molecular formula is C4H11NOP2. The van der Waals surface area contributed by atoms with Crippen LogP contribution in [0.5, 0.6) is 0 Å². The molecule has 1 aliphatic heterocycles. The topological polar surface area (TPSA) is 15.8 Å². The van der Waals surface area contributed by atoms with Crippen LogP contribution in [0.25, 0.3) is 0 Å². The average molecular weight is 151 g/mol. The highest BCUT2D eigenvalue weighted by atomic mass is 31.1. The largest absolute Gasteiger partial charge is 0.371 e. The number of hydrogen-bond donors (Lipinski definition) is 0. The lowest BCUT2D eigenvalue weighted by atomic mass is 10.3. The summed E-state index contributed by atoms with van der Waals surface area (Å²) in [4.78, 5) is 0. The minimum Gasteiger partial charge on any atom is -0.371 e. The van der Waals surface area contributed by atoms with E-state index in [0.29, 0.717) is 12.1 Å². The number of epoxide rings is 1. The van der Waals surface area contributed by atoms with Gasteiger partial charge in [0.2, 0.25) is 0 Å².